The van der Waals surface area contributed by atoms with Gasteiger partial charge in [0, 0.05) is 19.4 Å². The summed E-state index contributed by atoms with van der Waals surface area (Å²) in [7, 11) is 0. The molecule has 0 heterocycles. The molecule has 6 amide bonds. The number of nitrogens with one attached hydrogen (secondary N) is 6. The molecule has 0 unspecified atom stereocenters. The average Bonchev–Trinajstić information content (AvgIpc) is 3.19. The molecule has 0 aromatic heterocycles. The Morgan fingerprint density at radius 3 is 1.69 bits per heavy atom. The maximum atomic E-state index is 13.8. The molecule has 17 N–H and O–H groups in total. The van der Waals surface area contributed by atoms with Crippen LogP contribution in [-0.4, -0.2) is 152 Å². The second-order valence-corrected chi connectivity index (χ2v) is 15.3. The van der Waals surface area contributed by atoms with Gasteiger partial charge < -0.3 is 74.6 Å². The number of thioether (sulfide) groups is 1. The molecular formula is C37H58N10O14S. The summed E-state index contributed by atoms with van der Waals surface area (Å²) in [5.74, 6) is -10.8. The minimum absolute atomic E-state index is 0.00971. The first kappa shape index (κ1) is 53.8. The van der Waals surface area contributed by atoms with Crippen molar-refractivity contribution < 1.29 is 68.7 Å². The van der Waals surface area contributed by atoms with E-state index in [4.69, 9.17) is 22.3 Å². The number of aliphatic hydroxyl groups excluding tert-OH is 1. The van der Waals surface area contributed by atoms with E-state index in [1.165, 1.54) is 36.0 Å². The summed E-state index contributed by atoms with van der Waals surface area (Å²) in [6, 6.07) is -5.22. The highest BCUT2D eigenvalue weighted by Crippen LogP contribution is 2.13. The molecule has 1 rings (SSSR count). The average molecular weight is 899 g/mol. The van der Waals surface area contributed by atoms with Crippen LogP contribution in [0.1, 0.15) is 57.9 Å². The number of nitrogens with two attached hydrogens (primary N) is 3. The number of guanidine groups is 1. The van der Waals surface area contributed by atoms with Gasteiger partial charge in [0.2, 0.25) is 35.4 Å². The number of rotatable bonds is 29. The molecule has 346 valence electrons. The number of carboxylic acids is 3. The molecule has 0 bridgehead atoms. The molecule has 0 fully saturated rings. The minimum Gasteiger partial charge on any atom is -0.508 e. The highest BCUT2D eigenvalue weighted by Gasteiger charge is 2.34. The summed E-state index contributed by atoms with van der Waals surface area (Å²) in [6.07, 6.45) is -0.498. The molecule has 0 spiro atoms. The van der Waals surface area contributed by atoms with E-state index in [9.17, 15) is 63.6 Å². The molecule has 1 aromatic rings. The minimum atomic E-state index is -1.83. The van der Waals surface area contributed by atoms with Crippen LogP contribution >= 0.6 is 11.8 Å². The van der Waals surface area contributed by atoms with Crippen molar-refractivity contribution in [1.82, 2.24) is 31.9 Å². The van der Waals surface area contributed by atoms with Crippen molar-refractivity contribution in [2.75, 3.05) is 25.2 Å². The number of nitrogens with zero attached hydrogens (tertiary/aromatic N) is 1. The zero-order chi connectivity index (χ0) is 47.1. The van der Waals surface area contributed by atoms with Gasteiger partial charge in [-0.3, -0.25) is 43.3 Å². The largest absolute Gasteiger partial charge is 0.508 e. The first-order valence-corrected chi connectivity index (χ1v) is 20.7. The van der Waals surface area contributed by atoms with Crippen LogP contribution < -0.4 is 49.1 Å². The summed E-state index contributed by atoms with van der Waals surface area (Å²) in [5.41, 5.74) is 16.8. The predicted octanol–water partition coefficient (Wildman–Crippen LogP) is -3.95. The first-order valence-electron chi connectivity index (χ1n) is 19.3. The van der Waals surface area contributed by atoms with Crippen LogP contribution in [0.4, 0.5) is 0 Å². The number of aliphatic hydroxyl groups is 1. The van der Waals surface area contributed by atoms with E-state index in [2.05, 4.69) is 36.9 Å². The Balaban J connectivity index is 3.41. The van der Waals surface area contributed by atoms with Crippen LogP contribution in [0.3, 0.4) is 0 Å². The number of aliphatic imine (C=N–C) groups is 1. The van der Waals surface area contributed by atoms with Crippen molar-refractivity contribution in [1.29, 1.82) is 0 Å². The smallest absolute Gasteiger partial charge is 0.326 e. The number of carbonyl (C=O) groups excluding carboxylic acids is 6. The molecule has 1 aromatic carbocycles. The molecule has 0 saturated heterocycles. The van der Waals surface area contributed by atoms with Crippen LogP contribution in [0.2, 0.25) is 0 Å². The molecule has 62 heavy (non-hydrogen) atoms. The van der Waals surface area contributed by atoms with Gasteiger partial charge in [-0.25, -0.2) is 4.79 Å². The van der Waals surface area contributed by atoms with Gasteiger partial charge in [0.25, 0.3) is 0 Å². The third kappa shape index (κ3) is 20.4. The molecule has 0 aliphatic carbocycles. The Morgan fingerprint density at radius 2 is 1.19 bits per heavy atom. The predicted molar refractivity (Wildman–Crippen MR) is 223 cm³/mol. The van der Waals surface area contributed by atoms with E-state index in [0.717, 1.165) is 0 Å². The lowest BCUT2D eigenvalue weighted by Gasteiger charge is -2.28. The van der Waals surface area contributed by atoms with Gasteiger partial charge in [0.1, 0.15) is 42.0 Å². The van der Waals surface area contributed by atoms with Gasteiger partial charge in [-0.15, -0.1) is 0 Å². The summed E-state index contributed by atoms with van der Waals surface area (Å²) in [4.78, 5) is 119. The zero-order valence-corrected chi connectivity index (χ0v) is 35.3. The lowest BCUT2D eigenvalue weighted by Crippen LogP contribution is -2.61. The maximum Gasteiger partial charge on any atom is 0.326 e. The Morgan fingerprint density at radius 1 is 0.677 bits per heavy atom. The number of hydrogen-bond acceptors (Lipinski definition) is 14. The summed E-state index contributed by atoms with van der Waals surface area (Å²) >= 11 is 1.33. The van der Waals surface area contributed by atoms with Crippen LogP contribution in [0.5, 0.6) is 5.75 Å². The molecule has 0 saturated carbocycles. The van der Waals surface area contributed by atoms with Gasteiger partial charge in [0.05, 0.1) is 19.1 Å². The topological polar surface area (TPSA) is 417 Å². The van der Waals surface area contributed by atoms with Crippen molar-refractivity contribution >= 4 is 71.1 Å². The number of phenols is 1. The molecule has 0 aliphatic heterocycles. The zero-order valence-electron chi connectivity index (χ0n) is 34.5. The Hall–Kier alpha value is -6.21. The molecule has 24 nitrogen and oxygen atoms in total. The first-order chi connectivity index (χ1) is 29.1. The monoisotopic (exact) mass is 898 g/mol. The molecule has 0 aliphatic rings. The van der Waals surface area contributed by atoms with Gasteiger partial charge in [-0.2, -0.15) is 11.8 Å². The van der Waals surface area contributed by atoms with E-state index in [-0.39, 0.29) is 43.9 Å². The highest BCUT2D eigenvalue weighted by atomic mass is 32.2. The van der Waals surface area contributed by atoms with Crippen molar-refractivity contribution in [3.05, 3.63) is 29.8 Å². The lowest BCUT2D eigenvalue weighted by atomic mass is 10.00. The van der Waals surface area contributed by atoms with E-state index in [0.29, 0.717) is 11.3 Å². The fourth-order valence-corrected chi connectivity index (χ4v) is 5.97. The van der Waals surface area contributed by atoms with E-state index >= 15 is 0 Å². The van der Waals surface area contributed by atoms with E-state index in [1.807, 2.05) is 0 Å². The summed E-state index contributed by atoms with van der Waals surface area (Å²) in [5, 5.41) is 62.2. The summed E-state index contributed by atoms with van der Waals surface area (Å²) in [6.45, 7) is 2.02. The SMILES string of the molecule is CSCC[C@H](NC(=O)[C@H](CCCN=C(N)N)NC(=O)[C@H](CCC(=O)O)NC(=O)[C@H](CO)NC(=O)[C@H](Cc1ccc(O)cc1)NC(=O)[C@@H](NC(=O)[C@@H](N)CC(=O)O)C(C)C)C(=O)O. The molecular weight excluding hydrogens is 841 g/mol. The van der Waals surface area contributed by atoms with Gasteiger partial charge >= 0.3 is 17.9 Å². The van der Waals surface area contributed by atoms with E-state index in [1.54, 1.807) is 20.1 Å². The fourth-order valence-electron chi connectivity index (χ4n) is 5.50. The van der Waals surface area contributed by atoms with Crippen molar-refractivity contribution in [3.63, 3.8) is 0 Å². The number of benzene rings is 1. The molecule has 0 radical (unpaired) electrons. The van der Waals surface area contributed by atoms with Crippen LogP contribution in [-0.2, 0) is 49.6 Å². The molecule has 25 heteroatoms. The van der Waals surface area contributed by atoms with Crippen molar-refractivity contribution in [2.45, 2.75) is 101 Å². The Labute approximate surface area is 361 Å². The quantitative estimate of drug-likeness (QED) is 0.0207. The third-order valence-electron chi connectivity index (χ3n) is 8.89. The number of carboxylic acid groups (broad SMARTS) is 3. The van der Waals surface area contributed by atoms with E-state index < -0.39 is 127 Å². The number of aromatic hydroxyl groups is 1. The number of phenolic OH excluding ortho intramolecular Hbond substituents is 1. The number of amides is 6. The van der Waals surface area contributed by atoms with Gasteiger partial charge in [-0.1, -0.05) is 26.0 Å². The van der Waals surface area contributed by atoms with Crippen molar-refractivity contribution in [3.8, 4) is 5.75 Å². The number of hydrogen-bond donors (Lipinski definition) is 14. The lowest BCUT2D eigenvalue weighted by molar-refractivity contribution is -0.142. The molecule has 7 atom stereocenters. The normalized spacial score (nSPS) is 14.3. The summed E-state index contributed by atoms with van der Waals surface area (Å²) < 4.78 is 0. The highest BCUT2D eigenvalue weighted by molar-refractivity contribution is 7.98. The van der Waals surface area contributed by atoms with Crippen LogP contribution in [0.15, 0.2) is 29.3 Å². The fraction of sp³-hybridized carbons (Fsp3) is 0.568. The second-order valence-electron chi connectivity index (χ2n) is 14.3. The number of aliphatic carboxylic acids is 3. The Bertz CT molecular complexity index is 1750. The second kappa shape index (κ2) is 27.6. The standard InChI is InChI=1S/C37H58N10O14S/c1-18(2)29(47-30(54)21(38)16-28(52)53)35(59)45-25(15-19-6-8-20(49)9-7-19)33(57)46-26(17-48)34(58)43-23(10-11-27(50)51)32(56)42-22(5-4-13-41-37(39)40)31(55)44-24(36(60)61)12-14-62-3/h6-9,18,21-26,29,48-49H,4-5,10-17,38H2,1-3H3,(H,42,56)(H,43,58)(H,44,55)(H,45,59)(H,46,57)(H,47,54)(H,50,51)(H,52,53)(H,60,61)(H4,39,40,41)/t21-,22-,23-,24-,25-,26-,29-/m0/s1. The van der Waals surface area contributed by atoms with Crippen LogP contribution in [0.25, 0.3) is 0 Å². The van der Waals surface area contributed by atoms with Crippen molar-refractivity contribution in [2.24, 2.45) is 28.1 Å². The Kier molecular flexibility index (Phi) is 24.0. The third-order valence-corrected chi connectivity index (χ3v) is 9.53. The van der Waals surface area contributed by atoms with Gasteiger partial charge in [0.15, 0.2) is 5.96 Å². The van der Waals surface area contributed by atoms with Gasteiger partial charge in [-0.05, 0) is 61.3 Å². The number of carbonyl (C=O) groups is 9. The van der Waals surface area contributed by atoms with Crippen LogP contribution in [0, 0.1) is 5.92 Å². The maximum absolute atomic E-state index is 13.8.